The molecule has 1 aromatic carbocycles. The lowest BCUT2D eigenvalue weighted by atomic mass is 10.1. The van der Waals surface area contributed by atoms with Crippen molar-refractivity contribution in [3.05, 3.63) is 34.9 Å². The van der Waals surface area contributed by atoms with Gasteiger partial charge in [0, 0.05) is 31.0 Å². The van der Waals surface area contributed by atoms with Gasteiger partial charge < -0.3 is 10.2 Å². The zero-order valence-corrected chi connectivity index (χ0v) is 12.0. The highest BCUT2D eigenvalue weighted by Crippen LogP contribution is 2.28. The van der Waals surface area contributed by atoms with Crippen LogP contribution in [0.25, 0.3) is 0 Å². The Hall–Kier alpha value is -1.36. The maximum absolute atomic E-state index is 13.0. The first kappa shape index (κ1) is 15.0. The molecule has 3 nitrogen and oxygen atoms in total. The number of benzene rings is 1. The molecule has 0 bridgehead atoms. The number of hydrogen-bond donors (Lipinski definition) is 1. The van der Waals surface area contributed by atoms with E-state index >= 15 is 0 Å². The number of hydrogen-bond acceptors (Lipinski definition) is 1. The molecule has 1 fully saturated rings. The summed E-state index contributed by atoms with van der Waals surface area (Å²) in [5.41, 5.74) is 0.810. The molecule has 0 radical (unpaired) electrons. The minimum absolute atomic E-state index is 0.0775. The van der Waals surface area contributed by atoms with Crippen molar-refractivity contribution < 1.29 is 13.6 Å². The quantitative estimate of drug-likeness (QED) is 0.884. The monoisotopic (exact) mass is 302 g/mol. The lowest BCUT2D eigenvalue weighted by Gasteiger charge is -2.32. The number of alkyl halides is 2. The molecule has 1 saturated heterocycles. The van der Waals surface area contributed by atoms with Crippen LogP contribution in [-0.4, -0.2) is 29.9 Å². The molecule has 1 N–H and O–H groups in total. The van der Waals surface area contributed by atoms with E-state index in [4.69, 9.17) is 11.6 Å². The van der Waals surface area contributed by atoms with Crippen LogP contribution in [-0.2, 0) is 0 Å². The number of amides is 2. The standard InChI is InChI=1S/C14H17ClF2N2O/c1-10(11-4-2-3-5-12(11)15)18-13(20)19-8-6-14(16,17)7-9-19/h2-5,10H,6-9H2,1H3,(H,18,20)/t10-/m1/s1. The van der Waals surface area contributed by atoms with Gasteiger partial charge in [-0.3, -0.25) is 0 Å². The molecule has 2 rings (SSSR count). The molecule has 0 aliphatic carbocycles. The second-order valence-corrected chi connectivity index (χ2v) is 5.44. The van der Waals surface area contributed by atoms with E-state index in [-0.39, 0.29) is 38.0 Å². The molecule has 0 saturated carbocycles. The number of carbonyl (C=O) groups is 1. The molecule has 1 aliphatic rings. The zero-order valence-electron chi connectivity index (χ0n) is 11.2. The molecule has 6 heteroatoms. The second-order valence-electron chi connectivity index (χ2n) is 5.04. The third kappa shape index (κ3) is 3.60. The van der Waals surface area contributed by atoms with E-state index in [9.17, 15) is 13.6 Å². The molecule has 0 aromatic heterocycles. The zero-order chi connectivity index (χ0) is 14.8. The third-order valence-corrected chi connectivity index (χ3v) is 3.84. The van der Waals surface area contributed by atoms with Gasteiger partial charge in [-0.05, 0) is 18.6 Å². The van der Waals surface area contributed by atoms with Crippen LogP contribution in [0.3, 0.4) is 0 Å². The highest BCUT2D eigenvalue weighted by atomic mass is 35.5. The summed E-state index contributed by atoms with van der Waals surface area (Å²) in [5, 5.41) is 3.37. The first-order valence-electron chi connectivity index (χ1n) is 6.57. The van der Waals surface area contributed by atoms with E-state index in [0.717, 1.165) is 5.56 Å². The van der Waals surface area contributed by atoms with E-state index in [0.29, 0.717) is 5.02 Å². The van der Waals surface area contributed by atoms with Gasteiger partial charge in [-0.15, -0.1) is 0 Å². The van der Waals surface area contributed by atoms with Crippen molar-refractivity contribution in [2.75, 3.05) is 13.1 Å². The minimum Gasteiger partial charge on any atom is -0.331 e. The summed E-state index contributed by atoms with van der Waals surface area (Å²) in [6, 6.07) is 6.64. The highest BCUT2D eigenvalue weighted by Gasteiger charge is 2.35. The van der Waals surface area contributed by atoms with Crippen LogP contribution >= 0.6 is 11.6 Å². The summed E-state index contributed by atoms with van der Waals surface area (Å²) in [6.07, 6.45) is -0.554. The molecule has 1 heterocycles. The molecule has 110 valence electrons. The maximum atomic E-state index is 13.0. The van der Waals surface area contributed by atoms with Crippen LogP contribution in [0.5, 0.6) is 0 Å². The van der Waals surface area contributed by atoms with Gasteiger partial charge in [0.25, 0.3) is 5.92 Å². The van der Waals surface area contributed by atoms with Crippen LogP contribution in [0.2, 0.25) is 5.02 Å². The Labute approximate surface area is 121 Å². The Balaban J connectivity index is 1.94. The van der Waals surface area contributed by atoms with E-state index in [1.807, 2.05) is 25.1 Å². The average Bonchev–Trinajstić information content (AvgIpc) is 2.38. The summed E-state index contributed by atoms with van der Waals surface area (Å²) < 4.78 is 26.1. The first-order chi connectivity index (χ1) is 9.39. The molecule has 1 aromatic rings. The highest BCUT2D eigenvalue weighted by molar-refractivity contribution is 6.31. The molecule has 0 unspecified atom stereocenters. The summed E-state index contributed by atoms with van der Waals surface area (Å²) in [4.78, 5) is 13.5. The van der Waals surface area contributed by atoms with E-state index in [2.05, 4.69) is 5.32 Å². The summed E-state index contributed by atoms with van der Waals surface area (Å²) >= 11 is 6.06. The summed E-state index contributed by atoms with van der Waals surface area (Å²) in [6.45, 7) is 1.97. The SMILES string of the molecule is C[C@@H](NC(=O)N1CCC(F)(F)CC1)c1ccccc1Cl. The normalized spacial score (nSPS) is 19.5. The van der Waals surface area contributed by atoms with Crippen LogP contribution < -0.4 is 5.32 Å². The van der Waals surface area contributed by atoms with Gasteiger partial charge in [0.15, 0.2) is 0 Å². The number of halogens is 3. The van der Waals surface area contributed by atoms with Crippen LogP contribution in [0.4, 0.5) is 13.6 Å². The van der Waals surface area contributed by atoms with Gasteiger partial charge in [-0.25, -0.2) is 13.6 Å². The van der Waals surface area contributed by atoms with Gasteiger partial charge in [0.1, 0.15) is 0 Å². The largest absolute Gasteiger partial charge is 0.331 e. The Morgan fingerprint density at radius 2 is 1.95 bits per heavy atom. The molecule has 20 heavy (non-hydrogen) atoms. The van der Waals surface area contributed by atoms with E-state index in [1.54, 1.807) is 6.07 Å². The number of carbonyl (C=O) groups excluding carboxylic acids is 1. The number of nitrogens with zero attached hydrogens (tertiary/aromatic N) is 1. The minimum atomic E-state index is -2.65. The molecule has 0 spiro atoms. The Morgan fingerprint density at radius 3 is 2.55 bits per heavy atom. The topological polar surface area (TPSA) is 32.3 Å². The van der Waals surface area contributed by atoms with Gasteiger partial charge >= 0.3 is 6.03 Å². The average molecular weight is 303 g/mol. The smallest absolute Gasteiger partial charge is 0.317 e. The van der Waals surface area contributed by atoms with Crippen molar-refractivity contribution in [2.24, 2.45) is 0 Å². The van der Waals surface area contributed by atoms with Crippen molar-refractivity contribution in [2.45, 2.75) is 31.7 Å². The van der Waals surface area contributed by atoms with Crippen LogP contribution in [0.1, 0.15) is 31.4 Å². The van der Waals surface area contributed by atoms with Crippen LogP contribution in [0, 0.1) is 0 Å². The van der Waals surface area contributed by atoms with Gasteiger partial charge in [0.2, 0.25) is 0 Å². The number of rotatable bonds is 2. The molecule has 1 atom stereocenters. The molecule has 1 aliphatic heterocycles. The number of piperidine rings is 1. The fraction of sp³-hybridized carbons (Fsp3) is 0.500. The van der Waals surface area contributed by atoms with Crippen LogP contribution in [0.15, 0.2) is 24.3 Å². The molecule has 2 amide bonds. The first-order valence-corrected chi connectivity index (χ1v) is 6.94. The van der Waals surface area contributed by atoms with Crippen molar-refractivity contribution >= 4 is 17.6 Å². The molecular weight excluding hydrogens is 286 g/mol. The maximum Gasteiger partial charge on any atom is 0.317 e. The molecular formula is C14H17ClF2N2O. The fourth-order valence-corrected chi connectivity index (χ4v) is 2.52. The van der Waals surface area contributed by atoms with Crippen molar-refractivity contribution in [1.82, 2.24) is 10.2 Å². The van der Waals surface area contributed by atoms with Crippen molar-refractivity contribution in [3.8, 4) is 0 Å². The van der Waals surface area contributed by atoms with Crippen molar-refractivity contribution in [1.29, 1.82) is 0 Å². The number of likely N-dealkylation sites (tertiary alicyclic amines) is 1. The Bertz CT molecular complexity index is 486. The lowest BCUT2D eigenvalue weighted by Crippen LogP contribution is -2.47. The summed E-state index contributed by atoms with van der Waals surface area (Å²) in [7, 11) is 0. The summed E-state index contributed by atoms with van der Waals surface area (Å²) in [5.74, 6) is -2.65. The predicted molar refractivity (Wildman–Crippen MR) is 74.2 cm³/mol. The van der Waals surface area contributed by atoms with Crippen molar-refractivity contribution in [3.63, 3.8) is 0 Å². The Morgan fingerprint density at radius 1 is 1.35 bits per heavy atom. The van der Waals surface area contributed by atoms with Gasteiger partial charge in [-0.1, -0.05) is 29.8 Å². The second kappa shape index (κ2) is 5.95. The van der Waals surface area contributed by atoms with Gasteiger partial charge in [-0.2, -0.15) is 0 Å². The van der Waals surface area contributed by atoms with E-state index in [1.165, 1.54) is 4.90 Å². The Kier molecular flexibility index (Phi) is 4.48. The van der Waals surface area contributed by atoms with Gasteiger partial charge in [0.05, 0.1) is 6.04 Å². The third-order valence-electron chi connectivity index (χ3n) is 3.49. The number of nitrogens with one attached hydrogen (secondary N) is 1. The number of urea groups is 1. The van der Waals surface area contributed by atoms with E-state index < -0.39 is 5.92 Å². The predicted octanol–water partition coefficient (Wildman–Crippen LogP) is 3.84. The fourth-order valence-electron chi connectivity index (χ4n) is 2.22. The lowest BCUT2D eigenvalue weighted by molar-refractivity contribution is -0.0470.